The van der Waals surface area contributed by atoms with Crippen molar-refractivity contribution in [1.82, 2.24) is 4.98 Å². The summed E-state index contributed by atoms with van der Waals surface area (Å²) in [5.41, 5.74) is -0.608. The lowest BCUT2D eigenvalue weighted by molar-refractivity contribution is 0.0566. The Morgan fingerprint density at radius 1 is 1.50 bits per heavy atom. The van der Waals surface area contributed by atoms with Crippen LogP contribution in [0.5, 0.6) is 5.75 Å². The molecule has 1 aromatic heterocycles. The van der Waals surface area contributed by atoms with E-state index in [4.69, 9.17) is 9.47 Å². The van der Waals surface area contributed by atoms with E-state index < -0.39 is 17.6 Å². The van der Waals surface area contributed by atoms with Gasteiger partial charge in [0, 0.05) is 0 Å². The van der Waals surface area contributed by atoms with Crippen molar-refractivity contribution < 1.29 is 18.7 Å². The number of hydrogen-bond donors (Lipinski definition) is 0. The summed E-state index contributed by atoms with van der Waals surface area (Å²) in [7, 11) is 0. The van der Waals surface area contributed by atoms with Crippen molar-refractivity contribution in [3.05, 3.63) is 18.1 Å². The average molecular weight is 254 g/mol. The largest absolute Gasteiger partial charge is 0.488 e. The Morgan fingerprint density at radius 3 is 2.89 bits per heavy atom. The molecule has 0 aliphatic carbocycles. The molecule has 0 fully saturated rings. The van der Waals surface area contributed by atoms with Gasteiger partial charge in [0.05, 0.1) is 6.54 Å². The number of fused-ring (bicyclic) bond motifs is 1. The number of rotatable bonds is 0. The topological polar surface area (TPSA) is 51.7 Å². The van der Waals surface area contributed by atoms with Gasteiger partial charge in [0.2, 0.25) is 5.95 Å². The lowest BCUT2D eigenvalue weighted by atomic mass is 10.2. The van der Waals surface area contributed by atoms with E-state index in [9.17, 15) is 9.18 Å². The third-order valence-corrected chi connectivity index (χ3v) is 2.25. The fraction of sp³-hybridized carbons (Fsp3) is 0.500. The first-order chi connectivity index (χ1) is 8.37. The van der Waals surface area contributed by atoms with Gasteiger partial charge in [0.15, 0.2) is 11.6 Å². The minimum Gasteiger partial charge on any atom is -0.488 e. The van der Waals surface area contributed by atoms with Gasteiger partial charge in [-0.05, 0) is 32.9 Å². The van der Waals surface area contributed by atoms with Crippen LogP contribution in [0.2, 0.25) is 0 Å². The van der Waals surface area contributed by atoms with E-state index >= 15 is 0 Å². The average Bonchev–Trinajstić information content (AvgIpc) is 2.25. The van der Waals surface area contributed by atoms with Crippen LogP contribution < -0.4 is 9.64 Å². The van der Waals surface area contributed by atoms with Crippen molar-refractivity contribution in [2.24, 2.45) is 0 Å². The van der Waals surface area contributed by atoms with Crippen LogP contribution in [0.25, 0.3) is 0 Å². The highest BCUT2D eigenvalue weighted by atomic mass is 19.1. The predicted molar refractivity (Wildman–Crippen MR) is 63.3 cm³/mol. The van der Waals surface area contributed by atoms with E-state index in [1.165, 1.54) is 17.0 Å². The number of anilines is 1. The molecule has 1 amide bonds. The van der Waals surface area contributed by atoms with Crippen LogP contribution in [-0.4, -0.2) is 29.8 Å². The Labute approximate surface area is 105 Å². The predicted octanol–water partition coefficient (Wildman–Crippen LogP) is 2.35. The molecule has 98 valence electrons. The maximum Gasteiger partial charge on any atom is 0.416 e. The van der Waals surface area contributed by atoms with Crippen LogP contribution in [-0.2, 0) is 4.74 Å². The van der Waals surface area contributed by atoms with E-state index in [0.29, 0.717) is 18.9 Å². The number of pyridine rings is 1. The molecule has 18 heavy (non-hydrogen) atoms. The monoisotopic (exact) mass is 254 g/mol. The second-order valence-corrected chi connectivity index (χ2v) is 4.94. The molecule has 0 N–H and O–H groups in total. The van der Waals surface area contributed by atoms with Gasteiger partial charge in [-0.25, -0.2) is 4.79 Å². The molecule has 5 nitrogen and oxygen atoms in total. The molecule has 0 aromatic carbocycles. The number of carbonyl (C=O) groups excluding carboxylic acids is 1. The van der Waals surface area contributed by atoms with Crippen LogP contribution in [0, 0.1) is 5.95 Å². The quantitative estimate of drug-likeness (QED) is 0.667. The molecule has 2 heterocycles. The van der Waals surface area contributed by atoms with Gasteiger partial charge < -0.3 is 9.47 Å². The van der Waals surface area contributed by atoms with E-state index in [-0.39, 0.29) is 5.82 Å². The fourth-order valence-electron chi connectivity index (χ4n) is 1.57. The van der Waals surface area contributed by atoms with Crippen molar-refractivity contribution in [3.8, 4) is 5.75 Å². The summed E-state index contributed by atoms with van der Waals surface area (Å²) in [6, 6.07) is 2.64. The van der Waals surface area contributed by atoms with Crippen LogP contribution in [0.4, 0.5) is 15.0 Å². The van der Waals surface area contributed by atoms with Crippen molar-refractivity contribution >= 4 is 11.9 Å². The Kier molecular flexibility index (Phi) is 3.11. The van der Waals surface area contributed by atoms with Gasteiger partial charge in [-0.1, -0.05) is 0 Å². The number of aromatic nitrogens is 1. The molecule has 1 aliphatic heterocycles. The smallest absolute Gasteiger partial charge is 0.416 e. The van der Waals surface area contributed by atoms with E-state index in [0.717, 1.165) is 0 Å². The number of nitrogens with zero attached hydrogens (tertiary/aromatic N) is 2. The molecule has 0 bridgehead atoms. The summed E-state index contributed by atoms with van der Waals surface area (Å²) in [6.07, 6.45) is -0.551. The second-order valence-electron chi connectivity index (χ2n) is 4.94. The summed E-state index contributed by atoms with van der Waals surface area (Å²) < 4.78 is 23.7. The van der Waals surface area contributed by atoms with Gasteiger partial charge in [0.1, 0.15) is 12.2 Å². The van der Waals surface area contributed by atoms with Gasteiger partial charge in [-0.2, -0.15) is 9.37 Å². The maximum absolute atomic E-state index is 13.1. The minimum atomic E-state index is -0.659. The minimum absolute atomic E-state index is 0.163. The second kappa shape index (κ2) is 4.44. The zero-order valence-electron chi connectivity index (χ0n) is 10.6. The molecule has 0 radical (unpaired) electrons. The lowest BCUT2D eigenvalue weighted by Crippen LogP contribution is -2.42. The molecule has 0 atom stereocenters. The van der Waals surface area contributed by atoms with E-state index in [1.807, 2.05) is 0 Å². The first-order valence-corrected chi connectivity index (χ1v) is 5.67. The third kappa shape index (κ3) is 2.69. The standard InChI is InChI=1S/C12H15FN2O3/c1-12(2,3)18-11(16)15-6-7-17-8-4-5-9(13)14-10(8)15/h4-5H,6-7H2,1-3H3. The maximum atomic E-state index is 13.1. The molecule has 1 aromatic rings. The number of ether oxygens (including phenoxy) is 2. The number of carbonyl (C=O) groups is 1. The number of hydrogen-bond acceptors (Lipinski definition) is 4. The van der Waals surface area contributed by atoms with Gasteiger partial charge in [-0.15, -0.1) is 0 Å². The third-order valence-electron chi connectivity index (χ3n) is 2.25. The number of halogens is 1. The first-order valence-electron chi connectivity index (χ1n) is 5.67. The summed E-state index contributed by atoms with van der Waals surface area (Å²) in [6.45, 7) is 5.93. The summed E-state index contributed by atoms with van der Waals surface area (Å²) in [5, 5.41) is 0. The Morgan fingerprint density at radius 2 is 2.22 bits per heavy atom. The van der Waals surface area contributed by atoms with Crippen molar-refractivity contribution in [1.29, 1.82) is 0 Å². The highest BCUT2D eigenvalue weighted by molar-refractivity contribution is 5.88. The zero-order chi connectivity index (χ0) is 13.3. The fourth-order valence-corrected chi connectivity index (χ4v) is 1.57. The van der Waals surface area contributed by atoms with Crippen molar-refractivity contribution in [2.75, 3.05) is 18.1 Å². The molecular weight excluding hydrogens is 239 g/mol. The normalized spacial score (nSPS) is 14.8. The van der Waals surface area contributed by atoms with Crippen LogP contribution in [0.15, 0.2) is 12.1 Å². The molecular formula is C12H15FN2O3. The Bertz CT molecular complexity index is 471. The number of amides is 1. The molecule has 6 heteroatoms. The van der Waals surface area contributed by atoms with Crippen LogP contribution in [0.1, 0.15) is 20.8 Å². The van der Waals surface area contributed by atoms with Crippen LogP contribution >= 0.6 is 0 Å². The summed E-state index contributed by atoms with van der Waals surface area (Å²) in [5.74, 6) is -0.114. The van der Waals surface area contributed by atoms with Crippen LogP contribution in [0.3, 0.4) is 0 Å². The highest BCUT2D eigenvalue weighted by Gasteiger charge is 2.29. The van der Waals surface area contributed by atoms with Gasteiger partial charge in [-0.3, -0.25) is 4.90 Å². The molecule has 0 saturated carbocycles. The Balaban J connectivity index is 2.27. The molecule has 0 unspecified atom stereocenters. The lowest BCUT2D eigenvalue weighted by Gasteiger charge is -2.30. The Hall–Kier alpha value is -1.85. The summed E-state index contributed by atoms with van der Waals surface area (Å²) >= 11 is 0. The van der Waals surface area contributed by atoms with Crippen molar-refractivity contribution in [2.45, 2.75) is 26.4 Å². The zero-order valence-corrected chi connectivity index (χ0v) is 10.6. The van der Waals surface area contributed by atoms with Gasteiger partial charge >= 0.3 is 6.09 Å². The van der Waals surface area contributed by atoms with Gasteiger partial charge in [0.25, 0.3) is 0 Å². The molecule has 1 aliphatic rings. The van der Waals surface area contributed by atoms with Crippen molar-refractivity contribution in [3.63, 3.8) is 0 Å². The SMILES string of the molecule is CC(C)(C)OC(=O)N1CCOc2ccc(F)nc21. The van der Waals surface area contributed by atoms with E-state index in [2.05, 4.69) is 4.98 Å². The molecule has 0 saturated heterocycles. The first kappa shape index (κ1) is 12.6. The molecule has 0 spiro atoms. The van der Waals surface area contributed by atoms with E-state index in [1.54, 1.807) is 20.8 Å². The highest BCUT2D eigenvalue weighted by Crippen LogP contribution is 2.30. The molecule has 2 rings (SSSR count). The summed E-state index contributed by atoms with van der Waals surface area (Å²) in [4.78, 5) is 16.9.